The van der Waals surface area contributed by atoms with Gasteiger partial charge in [-0.25, -0.2) is 4.79 Å². The highest BCUT2D eigenvalue weighted by Gasteiger charge is 2.38. The number of carbonyl (C=O) groups is 1. The molecule has 1 atom stereocenters. The molecule has 1 rings (SSSR count). The fourth-order valence-corrected chi connectivity index (χ4v) is 1.63. The first-order valence-corrected chi connectivity index (χ1v) is 4.98. The maximum atomic E-state index is 11.1. The van der Waals surface area contributed by atoms with Crippen molar-refractivity contribution >= 4 is 5.97 Å². The van der Waals surface area contributed by atoms with Crippen LogP contribution in [0.5, 0.6) is 0 Å². The first-order valence-electron chi connectivity index (χ1n) is 4.98. The van der Waals surface area contributed by atoms with Crippen molar-refractivity contribution in [2.45, 2.75) is 25.9 Å². The van der Waals surface area contributed by atoms with Crippen LogP contribution in [-0.2, 0) is 10.4 Å². The average molecular weight is 208 g/mol. The Hall–Kier alpha value is -1.35. The molecule has 1 aromatic carbocycles. The number of aliphatic hydroxyl groups is 1. The summed E-state index contributed by atoms with van der Waals surface area (Å²) < 4.78 is 0. The molecule has 0 bridgehead atoms. The van der Waals surface area contributed by atoms with Crippen molar-refractivity contribution < 1.29 is 15.0 Å². The molecule has 0 unspecified atom stereocenters. The van der Waals surface area contributed by atoms with Crippen LogP contribution in [0.4, 0.5) is 0 Å². The number of rotatable bonds is 4. The summed E-state index contributed by atoms with van der Waals surface area (Å²) >= 11 is 0. The SMILES string of the molecule is CC(C)C[C@@](O)(C(=O)O)c1ccccc1. The molecule has 0 aliphatic carbocycles. The fourth-order valence-electron chi connectivity index (χ4n) is 1.63. The second-order valence-electron chi connectivity index (χ2n) is 4.13. The normalized spacial score (nSPS) is 14.9. The number of benzene rings is 1. The zero-order valence-corrected chi connectivity index (χ0v) is 8.97. The summed E-state index contributed by atoms with van der Waals surface area (Å²) in [6.07, 6.45) is 0.215. The molecule has 1 aromatic rings. The van der Waals surface area contributed by atoms with Gasteiger partial charge in [-0.2, -0.15) is 0 Å². The molecule has 3 heteroatoms. The lowest BCUT2D eigenvalue weighted by atomic mass is 9.86. The standard InChI is InChI=1S/C12H16O3/c1-9(2)8-12(15,11(13)14)10-6-4-3-5-7-10/h3-7,9,15H,8H2,1-2H3,(H,13,14)/t12-/m0/s1. The fraction of sp³-hybridized carbons (Fsp3) is 0.417. The number of carboxylic acids is 1. The lowest BCUT2D eigenvalue weighted by Crippen LogP contribution is -2.36. The molecule has 82 valence electrons. The topological polar surface area (TPSA) is 57.5 Å². The molecular formula is C12H16O3. The van der Waals surface area contributed by atoms with Gasteiger partial charge in [0, 0.05) is 0 Å². The highest BCUT2D eigenvalue weighted by molar-refractivity contribution is 5.79. The van der Waals surface area contributed by atoms with Crippen molar-refractivity contribution in [1.82, 2.24) is 0 Å². The van der Waals surface area contributed by atoms with Crippen LogP contribution < -0.4 is 0 Å². The lowest BCUT2D eigenvalue weighted by Gasteiger charge is -2.25. The number of hydrogen-bond acceptors (Lipinski definition) is 2. The molecular weight excluding hydrogens is 192 g/mol. The third-order valence-corrected chi connectivity index (χ3v) is 2.31. The minimum atomic E-state index is -1.77. The molecule has 3 nitrogen and oxygen atoms in total. The molecule has 0 spiro atoms. The third-order valence-electron chi connectivity index (χ3n) is 2.31. The lowest BCUT2D eigenvalue weighted by molar-refractivity contribution is -0.161. The maximum Gasteiger partial charge on any atom is 0.340 e. The highest BCUT2D eigenvalue weighted by Crippen LogP contribution is 2.28. The van der Waals surface area contributed by atoms with Crippen LogP contribution in [0.15, 0.2) is 30.3 Å². The minimum Gasteiger partial charge on any atom is -0.479 e. The van der Waals surface area contributed by atoms with E-state index in [1.807, 2.05) is 13.8 Å². The van der Waals surface area contributed by atoms with Gasteiger partial charge >= 0.3 is 5.97 Å². The predicted octanol–water partition coefficient (Wildman–Crippen LogP) is 2.00. The molecule has 0 fully saturated rings. The monoisotopic (exact) mass is 208 g/mol. The van der Waals surface area contributed by atoms with Crippen LogP contribution in [0.25, 0.3) is 0 Å². The first kappa shape index (κ1) is 11.7. The Bertz CT molecular complexity index is 332. The van der Waals surface area contributed by atoms with Gasteiger partial charge in [-0.1, -0.05) is 44.2 Å². The molecule has 0 amide bonds. The van der Waals surface area contributed by atoms with E-state index in [1.54, 1.807) is 30.3 Å². The van der Waals surface area contributed by atoms with Gasteiger partial charge in [0.25, 0.3) is 0 Å². The first-order chi connectivity index (χ1) is 6.97. The van der Waals surface area contributed by atoms with Crippen LogP contribution in [0.2, 0.25) is 0 Å². The second kappa shape index (κ2) is 4.45. The summed E-state index contributed by atoms with van der Waals surface area (Å²) in [5.41, 5.74) is -1.33. The van der Waals surface area contributed by atoms with Crippen LogP contribution in [0.3, 0.4) is 0 Å². The van der Waals surface area contributed by atoms with Crippen LogP contribution in [0.1, 0.15) is 25.8 Å². The van der Waals surface area contributed by atoms with Gasteiger partial charge in [0.1, 0.15) is 0 Å². The number of carboxylic acid groups (broad SMARTS) is 1. The Labute approximate surface area is 89.4 Å². The van der Waals surface area contributed by atoms with E-state index in [9.17, 15) is 9.90 Å². The zero-order chi connectivity index (χ0) is 11.5. The smallest absolute Gasteiger partial charge is 0.340 e. The number of hydrogen-bond donors (Lipinski definition) is 2. The molecule has 2 N–H and O–H groups in total. The predicted molar refractivity (Wildman–Crippen MR) is 57.4 cm³/mol. The Morgan fingerprint density at radius 3 is 2.27 bits per heavy atom. The van der Waals surface area contributed by atoms with Crippen molar-refractivity contribution in [3.05, 3.63) is 35.9 Å². The Balaban J connectivity index is 3.07. The van der Waals surface area contributed by atoms with Gasteiger partial charge in [0.2, 0.25) is 0 Å². The Morgan fingerprint density at radius 1 is 1.33 bits per heavy atom. The summed E-state index contributed by atoms with van der Waals surface area (Å²) in [5.74, 6) is -1.08. The van der Waals surface area contributed by atoms with Gasteiger partial charge in [-0.3, -0.25) is 0 Å². The minimum absolute atomic E-state index is 0.117. The molecule has 0 aliphatic rings. The molecule has 0 aromatic heterocycles. The summed E-state index contributed by atoms with van der Waals surface area (Å²) in [6.45, 7) is 3.77. The van der Waals surface area contributed by atoms with Gasteiger partial charge in [0.05, 0.1) is 0 Å². The summed E-state index contributed by atoms with van der Waals surface area (Å²) in [5, 5.41) is 19.2. The molecule has 0 saturated heterocycles. The van der Waals surface area contributed by atoms with Gasteiger partial charge < -0.3 is 10.2 Å². The van der Waals surface area contributed by atoms with E-state index in [2.05, 4.69) is 0 Å². The average Bonchev–Trinajstić information content (AvgIpc) is 2.17. The van der Waals surface area contributed by atoms with Crippen molar-refractivity contribution in [3.63, 3.8) is 0 Å². The van der Waals surface area contributed by atoms with Crippen molar-refractivity contribution in [3.8, 4) is 0 Å². The van der Waals surface area contributed by atoms with E-state index in [4.69, 9.17) is 5.11 Å². The number of aliphatic carboxylic acids is 1. The summed E-state index contributed by atoms with van der Waals surface area (Å²) in [7, 11) is 0. The molecule has 0 aliphatic heterocycles. The van der Waals surface area contributed by atoms with Crippen LogP contribution in [0, 0.1) is 5.92 Å². The van der Waals surface area contributed by atoms with E-state index >= 15 is 0 Å². The van der Waals surface area contributed by atoms with E-state index in [1.165, 1.54) is 0 Å². The maximum absolute atomic E-state index is 11.1. The van der Waals surface area contributed by atoms with E-state index in [0.29, 0.717) is 5.56 Å². The van der Waals surface area contributed by atoms with Gasteiger partial charge in [0.15, 0.2) is 5.60 Å². The van der Waals surface area contributed by atoms with Gasteiger partial charge in [-0.05, 0) is 17.9 Å². The third kappa shape index (κ3) is 2.57. The molecule has 0 saturated carbocycles. The Kier molecular flexibility index (Phi) is 3.48. The molecule has 0 heterocycles. The highest BCUT2D eigenvalue weighted by atomic mass is 16.4. The van der Waals surface area contributed by atoms with Crippen LogP contribution >= 0.6 is 0 Å². The van der Waals surface area contributed by atoms with Crippen molar-refractivity contribution in [2.75, 3.05) is 0 Å². The molecule has 0 radical (unpaired) electrons. The summed E-state index contributed by atoms with van der Waals surface area (Å²) in [4.78, 5) is 11.1. The quantitative estimate of drug-likeness (QED) is 0.795. The Morgan fingerprint density at radius 2 is 1.87 bits per heavy atom. The van der Waals surface area contributed by atoms with Crippen molar-refractivity contribution in [1.29, 1.82) is 0 Å². The second-order valence-corrected chi connectivity index (χ2v) is 4.13. The zero-order valence-electron chi connectivity index (χ0n) is 8.97. The molecule has 15 heavy (non-hydrogen) atoms. The largest absolute Gasteiger partial charge is 0.479 e. The van der Waals surface area contributed by atoms with E-state index in [-0.39, 0.29) is 12.3 Å². The van der Waals surface area contributed by atoms with Crippen molar-refractivity contribution in [2.24, 2.45) is 5.92 Å². The van der Waals surface area contributed by atoms with E-state index in [0.717, 1.165) is 0 Å². The van der Waals surface area contributed by atoms with Crippen LogP contribution in [-0.4, -0.2) is 16.2 Å². The van der Waals surface area contributed by atoms with E-state index < -0.39 is 11.6 Å². The van der Waals surface area contributed by atoms with Gasteiger partial charge in [-0.15, -0.1) is 0 Å². The summed E-state index contributed by atoms with van der Waals surface area (Å²) in [6, 6.07) is 8.52.